The summed E-state index contributed by atoms with van der Waals surface area (Å²) in [5, 5.41) is 3.34. The van der Waals surface area contributed by atoms with Crippen LogP contribution in [0.4, 0.5) is 5.82 Å². The monoisotopic (exact) mass is 287 g/mol. The summed E-state index contributed by atoms with van der Waals surface area (Å²) in [5.41, 5.74) is 2.27. The third kappa shape index (κ3) is 3.60. The maximum atomic E-state index is 4.51. The number of aryl methyl sites for hydroxylation is 1. The first-order valence-corrected chi connectivity index (χ1v) is 7.75. The summed E-state index contributed by atoms with van der Waals surface area (Å²) < 4.78 is 2.21. The molecule has 2 aromatic heterocycles. The fraction of sp³-hybridized carbons (Fsp3) is 0.562. The van der Waals surface area contributed by atoms with Crippen molar-refractivity contribution in [3.05, 3.63) is 35.8 Å². The molecular formula is C16H25N5. The zero-order valence-corrected chi connectivity index (χ0v) is 13.4. The zero-order chi connectivity index (χ0) is 15.2. The molecule has 2 aromatic rings. The molecule has 0 aliphatic rings. The second-order valence-electron chi connectivity index (χ2n) is 5.48. The van der Waals surface area contributed by atoms with E-state index in [1.165, 1.54) is 5.56 Å². The van der Waals surface area contributed by atoms with E-state index in [0.29, 0.717) is 5.92 Å². The van der Waals surface area contributed by atoms with Gasteiger partial charge in [-0.05, 0) is 19.3 Å². The maximum Gasteiger partial charge on any atom is 0.133 e. The first-order valence-electron chi connectivity index (χ1n) is 7.75. The molecule has 0 amide bonds. The molecular weight excluding hydrogens is 262 g/mol. The van der Waals surface area contributed by atoms with Gasteiger partial charge in [0.15, 0.2) is 0 Å². The van der Waals surface area contributed by atoms with Crippen molar-refractivity contribution in [3.63, 3.8) is 0 Å². The number of aromatic nitrogens is 4. The number of imidazole rings is 1. The summed E-state index contributed by atoms with van der Waals surface area (Å²) >= 11 is 0. The topological polar surface area (TPSA) is 55.6 Å². The quantitative estimate of drug-likeness (QED) is 0.849. The summed E-state index contributed by atoms with van der Waals surface area (Å²) in [6, 6.07) is 0. The lowest BCUT2D eigenvalue weighted by molar-refractivity contribution is 0.642. The van der Waals surface area contributed by atoms with Gasteiger partial charge in [-0.15, -0.1) is 0 Å². The first kappa shape index (κ1) is 15.5. The van der Waals surface area contributed by atoms with Crippen LogP contribution in [0.5, 0.6) is 0 Å². The Balaban J connectivity index is 2.34. The maximum absolute atomic E-state index is 4.51. The van der Waals surface area contributed by atoms with Crippen LogP contribution in [-0.4, -0.2) is 26.1 Å². The van der Waals surface area contributed by atoms with E-state index >= 15 is 0 Å². The van der Waals surface area contributed by atoms with Gasteiger partial charge in [-0.3, -0.25) is 0 Å². The van der Waals surface area contributed by atoms with Crippen molar-refractivity contribution in [1.29, 1.82) is 0 Å². The van der Waals surface area contributed by atoms with Crippen molar-refractivity contribution in [2.24, 2.45) is 0 Å². The zero-order valence-electron chi connectivity index (χ0n) is 13.4. The molecule has 0 bridgehead atoms. The Morgan fingerprint density at radius 1 is 1.19 bits per heavy atom. The van der Waals surface area contributed by atoms with Crippen LogP contribution < -0.4 is 5.32 Å². The molecule has 0 fully saturated rings. The molecule has 5 nitrogen and oxygen atoms in total. The fourth-order valence-corrected chi connectivity index (χ4v) is 2.59. The van der Waals surface area contributed by atoms with Crippen LogP contribution in [0.2, 0.25) is 0 Å². The lowest BCUT2D eigenvalue weighted by Crippen LogP contribution is -2.12. The predicted molar refractivity (Wildman–Crippen MR) is 85.6 cm³/mol. The van der Waals surface area contributed by atoms with Crippen molar-refractivity contribution in [2.75, 3.05) is 11.9 Å². The average Bonchev–Trinajstić information content (AvgIpc) is 2.87. The number of rotatable bonds is 7. The highest BCUT2D eigenvalue weighted by molar-refractivity contribution is 5.48. The number of nitrogens with one attached hydrogen (secondary N) is 1. The van der Waals surface area contributed by atoms with Gasteiger partial charge in [0.25, 0.3) is 0 Å². The molecule has 0 aliphatic heterocycles. The van der Waals surface area contributed by atoms with Crippen LogP contribution in [0, 0.1) is 0 Å². The van der Waals surface area contributed by atoms with E-state index in [-0.39, 0.29) is 0 Å². The van der Waals surface area contributed by atoms with E-state index in [1.807, 2.05) is 12.4 Å². The van der Waals surface area contributed by atoms with Crippen LogP contribution in [0.3, 0.4) is 0 Å². The van der Waals surface area contributed by atoms with Crippen LogP contribution in [0.15, 0.2) is 18.7 Å². The Kier molecular flexibility index (Phi) is 5.31. The Morgan fingerprint density at radius 2 is 2.00 bits per heavy atom. The average molecular weight is 287 g/mol. The van der Waals surface area contributed by atoms with Gasteiger partial charge in [-0.2, -0.15) is 0 Å². The van der Waals surface area contributed by atoms with Crippen molar-refractivity contribution >= 4 is 5.82 Å². The summed E-state index contributed by atoms with van der Waals surface area (Å²) in [7, 11) is 0. The molecule has 2 rings (SSSR count). The Labute approximate surface area is 126 Å². The van der Waals surface area contributed by atoms with Gasteiger partial charge in [-0.1, -0.05) is 20.8 Å². The van der Waals surface area contributed by atoms with E-state index in [0.717, 1.165) is 43.3 Å². The van der Waals surface area contributed by atoms with E-state index in [1.54, 1.807) is 6.33 Å². The molecule has 2 heterocycles. The molecule has 0 radical (unpaired) electrons. The number of anilines is 1. The lowest BCUT2D eigenvalue weighted by Gasteiger charge is -2.16. The Hall–Kier alpha value is -1.91. The molecule has 114 valence electrons. The van der Waals surface area contributed by atoms with E-state index in [2.05, 4.69) is 52.5 Å². The van der Waals surface area contributed by atoms with Gasteiger partial charge in [-0.25, -0.2) is 15.0 Å². The molecule has 5 heteroatoms. The van der Waals surface area contributed by atoms with Gasteiger partial charge in [0.1, 0.15) is 18.0 Å². The third-order valence-corrected chi connectivity index (χ3v) is 3.48. The molecule has 0 unspecified atom stereocenters. The SMILES string of the molecule is CCCn1ccnc1Cc1ncnc(NCC)c1C(C)C. The first-order chi connectivity index (χ1) is 10.2. The molecule has 0 aliphatic carbocycles. The van der Waals surface area contributed by atoms with Crippen LogP contribution >= 0.6 is 0 Å². The third-order valence-electron chi connectivity index (χ3n) is 3.48. The molecule has 0 saturated heterocycles. The largest absolute Gasteiger partial charge is 0.370 e. The van der Waals surface area contributed by atoms with Gasteiger partial charge in [0.2, 0.25) is 0 Å². The smallest absolute Gasteiger partial charge is 0.133 e. The van der Waals surface area contributed by atoms with E-state index < -0.39 is 0 Å². The van der Waals surface area contributed by atoms with Crippen molar-refractivity contribution in [2.45, 2.75) is 53.0 Å². The summed E-state index contributed by atoms with van der Waals surface area (Å²) in [4.78, 5) is 13.4. The van der Waals surface area contributed by atoms with Gasteiger partial charge in [0, 0.05) is 37.5 Å². The molecule has 1 N–H and O–H groups in total. The minimum absolute atomic E-state index is 0.379. The van der Waals surface area contributed by atoms with Gasteiger partial charge < -0.3 is 9.88 Å². The molecule has 0 atom stereocenters. The number of hydrogen-bond donors (Lipinski definition) is 1. The summed E-state index contributed by atoms with van der Waals surface area (Å²) in [6.45, 7) is 10.5. The van der Waals surface area contributed by atoms with Crippen molar-refractivity contribution < 1.29 is 0 Å². The second-order valence-corrected chi connectivity index (χ2v) is 5.48. The standard InChI is InChI=1S/C16H25N5/c1-5-8-21-9-7-18-14(21)10-13-15(12(3)4)16(17-6-2)20-11-19-13/h7,9,11-12H,5-6,8,10H2,1-4H3,(H,17,19,20). The highest BCUT2D eigenvalue weighted by Crippen LogP contribution is 2.26. The minimum atomic E-state index is 0.379. The van der Waals surface area contributed by atoms with Crippen LogP contribution in [-0.2, 0) is 13.0 Å². The highest BCUT2D eigenvalue weighted by atomic mass is 15.1. The van der Waals surface area contributed by atoms with E-state index in [9.17, 15) is 0 Å². The van der Waals surface area contributed by atoms with Crippen molar-refractivity contribution in [3.8, 4) is 0 Å². The van der Waals surface area contributed by atoms with E-state index in [4.69, 9.17) is 0 Å². The Bertz CT molecular complexity index is 574. The Morgan fingerprint density at radius 3 is 2.67 bits per heavy atom. The minimum Gasteiger partial charge on any atom is -0.370 e. The lowest BCUT2D eigenvalue weighted by atomic mass is 10.00. The number of hydrogen-bond acceptors (Lipinski definition) is 4. The van der Waals surface area contributed by atoms with Crippen LogP contribution in [0.25, 0.3) is 0 Å². The summed E-state index contributed by atoms with van der Waals surface area (Å²) in [6.07, 6.45) is 7.41. The predicted octanol–water partition coefficient (Wildman–Crippen LogP) is 3.23. The molecule has 0 aromatic carbocycles. The molecule has 0 spiro atoms. The van der Waals surface area contributed by atoms with Gasteiger partial charge in [0.05, 0.1) is 5.69 Å². The van der Waals surface area contributed by atoms with Crippen molar-refractivity contribution in [1.82, 2.24) is 19.5 Å². The van der Waals surface area contributed by atoms with Gasteiger partial charge >= 0.3 is 0 Å². The molecule has 21 heavy (non-hydrogen) atoms. The molecule has 0 saturated carbocycles. The second kappa shape index (κ2) is 7.20. The fourth-order valence-electron chi connectivity index (χ4n) is 2.59. The van der Waals surface area contributed by atoms with Crippen LogP contribution in [0.1, 0.15) is 57.1 Å². The summed E-state index contributed by atoms with van der Waals surface area (Å²) in [5.74, 6) is 2.40. The number of nitrogens with zero attached hydrogens (tertiary/aromatic N) is 4. The highest BCUT2D eigenvalue weighted by Gasteiger charge is 2.16. The normalized spacial score (nSPS) is 11.1.